The first-order valence-corrected chi connectivity index (χ1v) is 10.6. The lowest BCUT2D eigenvalue weighted by atomic mass is 10.00. The van der Waals surface area contributed by atoms with Gasteiger partial charge in [-0.05, 0) is 48.9 Å². The summed E-state index contributed by atoms with van der Waals surface area (Å²) >= 11 is 0. The maximum absolute atomic E-state index is 14.8. The molecule has 2 heterocycles. The second-order valence-electron chi connectivity index (χ2n) is 8.06. The van der Waals surface area contributed by atoms with E-state index in [4.69, 9.17) is 0 Å². The number of hydrogen-bond acceptors (Lipinski definition) is 3. The number of hydrogen-bond donors (Lipinski definition) is 2. The van der Waals surface area contributed by atoms with Gasteiger partial charge in [-0.3, -0.25) is 9.59 Å². The van der Waals surface area contributed by atoms with Crippen LogP contribution in [0.3, 0.4) is 0 Å². The van der Waals surface area contributed by atoms with Gasteiger partial charge in [0.05, 0.1) is 11.4 Å². The smallest absolute Gasteiger partial charge is 0.272 e. The highest BCUT2D eigenvalue weighted by Crippen LogP contribution is 2.28. The van der Waals surface area contributed by atoms with Gasteiger partial charge >= 0.3 is 0 Å². The predicted octanol–water partition coefficient (Wildman–Crippen LogP) is 4.32. The van der Waals surface area contributed by atoms with E-state index in [2.05, 4.69) is 15.3 Å². The van der Waals surface area contributed by atoms with Gasteiger partial charge in [-0.2, -0.15) is 0 Å². The Labute approximate surface area is 193 Å². The van der Waals surface area contributed by atoms with Gasteiger partial charge in [0.15, 0.2) is 0 Å². The molecule has 0 radical (unpaired) electrons. The number of aliphatic imine (C=N–C) groups is 1. The van der Waals surface area contributed by atoms with E-state index in [0.717, 1.165) is 0 Å². The molecule has 6 nitrogen and oxygen atoms in total. The van der Waals surface area contributed by atoms with E-state index < -0.39 is 29.6 Å². The number of para-hydroxylation sites is 1. The summed E-state index contributed by atoms with van der Waals surface area (Å²) in [6.45, 7) is 1.69. The molecule has 3 aromatic carbocycles. The van der Waals surface area contributed by atoms with Gasteiger partial charge in [-0.15, -0.1) is 0 Å². The van der Waals surface area contributed by atoms with Crippen molar-refractivity contribution in [2.45, 2.75) is 13.1 Å². The molecule has 0 fully saturated rings. The van der Waals surface area contributed by atoms with Gasteiger partial charge in [-0.1, -0.05) is 30.3 Å². The number of aromatic nitrogens is 1. The number of fused-ring (bicyclic) bond motifs is 2. The first kappa shape index (κ1) is 21.5. The number of aromatic amines is 1. The second-order valence-corrected chi connectivity index (χ2v) is 8.06. The van der Waals surface area contributed by atoms with Crippen molar-refractivity contribution in [3.63, 3.8) is 0 Å². The van der Waals surface area contributed by atoms with Gasteiger partial charge in [0.2, 0.25) is 6.17 Å². The highest BCUT2D eigenvalue weighted by molar-refractivity contribution is 6.20. The van der Waals surface area contributed by atoms with Gasteiger partial charge in [0.25, 0.3) is 11.8 Å². The number of halogens is 2. The molecule has 0 saturated heterocycles. The fraction of sp³-hybridized carbons (Fsp3) is 0.115. The minimum atomic E-state index is -1.30. The number of nitrogens with one attached hydrogen (secondary N) is 2. The van der Waals surface area contributed by atoms with E-state index >= 15 is 0 Å². The Morgan fingerprint density at radius 1 is 1.03 bits per heavy atom. The number of carbonyl (C=O) groups is 2. The number of benzodiazepines with no additional fused rings is 1. The van der Waals surface area contributed by atoms with Crippen LogP contribution >= 0.6 is 0 Å². The fourth-order valence-electron chi connectivity index (χ4n) is 4.21. The largest absolute Gasteiger partial charge is 0.350 e. The lowest BCUT2D eigenvalue weighted by Crippen LogP contribution is -2.46. The van der Waals surface area contributed by atoms with Crippen molar-refractivity contribution in [2.75, 3.05) is 11.9 Å². The van der Waals surface area contributed by atoms with Crippen molar-refractivity contribution in [2.24, 2.45) is 4.99 Å². The molecule has 1 aliphatic rings. The number of nitrogens with zero attached hydrogens (tertiary/aromatic N) is 2. The molecule has 1 aromatic heterocycles. The summed E-state index contributed by atoms with van der Waals surface area (Å²) in [4.78, 5) is 35.4. The van der Waals surface area contributed by atoms with Crippen LogP contribution in [-0.2, 0) is 4.79 Å². The Hall–Kier alpha value is -4.33. The average Bonchev–Trinajstić information content (AvgIpc) is 3.12. The average molecular weight is 458 g/mol. The molecule has 1 aliphatic heterocycles. The zero-order valence-electron chi connectivity index (χ0n) is 18.4. The first-order valence-electron chi connectivity index (χ1n) is 10.6. The molecule has 4 aromatic rings. The summed E-state index contributed by atoms with van der Waals surface area (Å²) in [5.41, 5.74) is 2.92. The third kappa shape index (κ3) is 3.53. The highest BCUT2D eigenvalue weighted by Gasteiger charge is 2.32. The van der Waals surface area contributed by atoms with Gasteiger partial charge < -0.3 is 15.2 Å². The minimum absolute atomic E-state index is 0.195. The number of anilines is 1. The summed E-state index contributed by atoms with van der Waals surface area (Å²) in [6.07, 6.45) is -1.30. The van der Waals surface area contributed by atoms with Crippen molar-refractivity contribution < 1.29 is 18.4 Å². The van der Waals surface area contributed by atoms with Crippen LogP contribution in [0.4, 0.5) is 14.5 Å². The Kier molecular flexibility index (Phi) is 5.20. The summed E-state index contributed by atoms with van der Waals surface area (Å²) in [6, 6.07) is 17.4. The molecule has 0 spiro atoms. The van der Waals surface area contributed by atoms with Crippen LogP contribution in [0.25, 0.3) is 10.9 Å². The maximum Gasteiger partial charge on any atom is 0.272 e. The normalized spacial score (nSPS) is 15.6. The van der Waals surface area contributed by atoms with Crippen molar-refractivity contribution in [1.82, 2.24) is 10.3 Å². The first-order chi connectivity index (χ1) is 16.3. The Morgan fingerprint density at radius 2 is 1.74 bits per heavy atom. The van der Waals surface area contributed by atoms with Crippen molar-refractivity contribution in [1.29, 1.82) is 0 Å². The van der Waals surface area contributed by atoms with Gasteiger partial charge in [0, 0.05) is 29.1 Å². The Balaban J connectivity index is 1.59. The van der Waals surface area contributed by atoms with E-state index in [0.29, 0.717) is 27.7 Å². The molecule has 0 saturated carbocycles. The number of H-pyrrole nitrogens is 1. The number of likely N-dealkylation sites (N-methyl/N-ethyl adjacent to an activating group) is 1. The second kappa shape index (κ2) is 8.22. The van der Waals surface area contributed by atoms with Crippen LogP contribution in [-0.4, -0.2) is 35.7 Å². The van der Waals surface area contributed by atoms with Crippen molar-refractivity contribution in [3.05, 3.63) is 101 Å². The molecular formula is C26H20F2N4O2. The zero-order chi connectivity index (χ0) is 24.0. The molecule has 34 heavy (non-hydrogen) atoms. The van der Waals surface area contributed by atoms with Crippen LogP contribution in [0.15, 0.2) is 71.7 Å². The van der Waals surface area contributed by atoms with E-state index in [1.54, 1.807) is 62.5 Å². The molecule has 0 aliphatic carbocycles. The van der Waals surface area contributed by atoms with Crippen molar-refractivity contribution >= 4 is 34.1 Å². The van der Waals surface area contributed by atoms with E-state index in [1.165, 1.54) is 23.1 Å². The molecule has 5 rings (SSSR count). The third-order valence-electron chi connectivity index (χ3n) is 5.99. The lowest BCUT2D eigenvalue weighted by molar-refractivity contribution is -0.119. The topological polar surface area (TPSA) is 77.6 Å². The Morgan fingerprint density at radius 3 is 2.50 bits per heavy atom. The summed E-state index contributed by atoms with van der Waals surface area (Å²) in [5.74, 6) is -1.97. The van der Waals surface area contributed by atoms with Crippen LogP contribution in [0.2, 0.25) is 0 Å². The molecular weight excluding hydrogens is 438 g/mol. The van der Waals surface area contributed by atoms with Crippen molar-refractivity contribution in [3.8, 4) is 0 Å². The number of aryl methyl sites for hydroxylation is 1. The van der Waals surface area contributed by atoms with E-state index in [-0.39, 0.29) is 17.0 Å². The monoisotopic (exact) mass is 458 g/mol. The predicted molar refractivity (Wildman–Crippen MR) is 126 cm³/mol. The van der Waals surface area contributed by atoms with Crippen LogP contribution < -0.4 is 10.2 Å². The van der Waals surface area contributed by atoms with Crippen LogP contribution in [0.1, 0.15) is 27.2 Å². The zero-order valence-corrected chi connectivity index (χ0v) is 18.4. The summed E-state index contributed by atoms with van der Waals surface area (Å²) < 4.78 is 28.4. The van der Waals surface area contributed by atoms with Gasteiger partial charge in [-0.25, -0.2) is 13.8 Å². The Bertz CT molecular complexity index is 1490. The van der Waals surface area contributed by atoms with E-state index in [1.807, 2.05) is 0 Å². The quantitative estimate of drug-likeness (QED) is 0.480. The SMILES string of the molecule is Cc1c(C(=O)NC2N=C(c3ccccc3F)c3ccccc3N(C)C2=O)[nH]c2ccc(F)cc12. The third-order valence-corrected chi connectivity index (χ3v) is 5.99. The summed E-state index contributed by atoms with van der Waals surface area (Å²) in [5, 5.41) is 3.23. The minimum Gasteiger partial charge on any atom is -0.350 e. The molecule has 170 valence electrons. The lowest BCUT2D eigenvalue weighted by Gasteiger charge is -2.20. The number of carbonyl (C=O) groups excluding carboxylic acids is 2. The number of rotatable bonds is 3. The van der Waals surface area contributed by atoms with E-state index in [9.17, 15) is 18.4 Å². The molecule has 1 unspecified atom stereocenters. The maximum atomic E-state index is 14.8. The van der Waals surface area contributed by atoms with Crippen LogP contribution in [0.5, 0.6) is 0 Å². The molecule has 2 amide bonds. The number of amides is 2. The standard InChI is InChI=1S/C26H20F2N4O2/c1-14-18-13-15(27)11-12-20(18)29-22(14)25(33)31-24-26(34)32(2)21-10-6-4-8-17(21)23(30-24)16-7-3-5-9-19(16)28/h3-13,24,29H,1-2H3,(H,31,33). The summed E-state index contributed by atoms with van der Waals surface area (Å²) in [7, 11) is 1.58. The molecule has 0 bridgehead atoms. The molecule has 2 N–H and O–H groups in total. The van der Waals surface area contributed by atoms with Gasteiger partial charge in [0.1, 0.15) is 17.3 Å². The molecule has 1 atom stereocenters. The molecule has 8 heteroatoms. The highest BCUT2D eigenvalue weighted by atomic mass is 19.1. The number of benzene rings is 3. The fourth-order valence-corrected chi connectivity index (χ4v) is 4.21. The van der Waals surface area contributed by atoms with Crippen LogP contribution in [0, 0.1) is 18.6 Å².